The van der Waals surface area contributed by atoms with E-state index in [1.54, 1.807) is 35.3 Å². The van der Waals surface area contributed by atoms with Crippen molar-refractivity contribution in [3.63, 3.8) is 0 Å². The quantitative estimate of drug-likeness (QED) is 0.644. The van der Waals surface area contributed by atoms with Gasteiger partial charge in [-0.3, -0.25) is 9.48 Å². The Labute approximate surface area is 119 Å². The number of aromatic nitrogens is 3. The van der Waals surface area contributed by atoms with Gasteiger partial charge in [0.15, 0.2) is 0 Å². The summed E-state index contributed by atoms with van der Waals surface area (Å²) in [7, 11) is 0. The van der Waals surface area contributed by atoms with Gasteiger partial charge in [-0.2, -0.15) is 0 Å². The number of benzene rings is 1. The first-order valence-corrected chi connectivity index (χ1v) is 6.63. The number of anilines is 1. The van der Waals surface area contributed by atoms with Crippen LogP contribution in [-0.4, -0.2) is 27.4 Å². The van der Waals surface area contributed by atoms with E-state index in [9.17, 15) is 4.79 Å². The number of hydrogen-bond acceptors (Lipinski definition) is 4. The summed E-state index contributed by atoms with van der Waals surface area (Å²) in [5.41, 5.74) is 6.74. The molecule has 19 heavy (non-hydrogen) atoms. The first kappa shape index (κ1) is 13.5. The number of nitrogens with one attached hydrogen (secondary N) is 1. The van der Waals surface area contributed by atoms with E-state index in [1.807, 2.05) is 0 Å². The fraction of sp³-hybridized carbons (Fsp3) is 0.250. The Morgan fingerprint density at radius 3 is 3.00 bits per heavy atom. The van der Waals surface area contributed by atoms with Crippen molar-refractivity contribution in [2.45, 2.75) is 13.0 Å². The number of hydrogen-bond donors (Lipinski definition) is 2. The highest BCUT2D eigenvalue weighted by Gasteiger charge is 2.08. The van der Waals surface area contributed by atoms with Gasteiger partial charge in [0, 0.05) is 29.4 Å². The molecule has 0 atom stereocenters. The van der Waals surface area contributed by atoms with Crippen LogP contribution in [0.25, 0.3) is 0 Å². The normalized spacial score (nSPS) is 10.4. The molecule has 100 valence electrons. The van der Waals surface area contributed by atoms with Crippen LogP contribution >= 0.6 is 15.9 Å². The zero-order chi connectivity index (χ0) is 13.7. The molecule has 1 aromatic carbocycles. The number of nitrogens with two attached hydrogens (primary N) is 1. The molecule has 0 bridgehead atoms. The summed E-state index contributed by atoms with van der Waals surface area (Å²) >= 11 is 3.30. The van der Waals surface area contributed by atoms with Gasteiger partial charge in [-0.1, -0.05) is 21.1 Å². The van der Waals surface area contributed by atoms with Crippen molar-refractivity contribution in [1.82, 2.24) is 20.3 Å². The molecule has 2 aromatic rings. The van der Waals surface area contributed by atoms with Gasteiger partial charge in [-0.15, -0.1) is 5.10 Å². The fourth-order valence-corrected chi connectivity index (χ4v) is 2.01. The van der Waals surface area contributed by atoms with Crippen LogP contribution in [0.4, 0.5) is 5.69 Å². The number of rotatable bonds is 5. The van der Waals surface area contributed by atoms with E-state index < -0.39 is 0 Å². The lowest BCUT2D eigenvalue weighted by Gasteiger charge is -2.07. The number of carbonyl (C=O) groups is 1. The van der Waals surface area contributed by atoms with E-state index in [4.69, 9.17) is 5.73 Å². The third-order valence-corrected chi connectivity index (χ3v) is 3.07. The zero-order valence-corrected chi connectivity index (χ0v) is 11.8. The van der Waals surface area contributed by atoms with Gasteiger partial charge < -0.3 is 11.1 Å². The third-order valence-electron chi connectivity index (χ3n) is 2.58. The maximum Gasteiger partial charge on any atom is 0.253 e. The molecular formula is C12H14BrN5O. The molecule has 1 heterocycles. The molecule has 0 saturated heterocycles. The molecule has 0 radical (unpaired) electrons. The number of nitrogens with zero attached hydrogens (tertiary/aromatic N) is 3. The molecule has 0 aliphatic heterocycles. The lowest BCUT2D eigenvalue weighted by atomic mass is 10.1. The smallest absolute Gasteiger partial charge is 0.253 e. The van der Waals surface area contributed by atoms with Gasteiger partial charge in [-0.25, -0.2) is 0 Å². The predicted molar refractivity (Wildman–Crippen MR) is 75.5 cm³/mol. The maximum atomic E-state index is 11.9. The Kier molecular flexibility index (Phi) is 4.51. The largest absolute Gasteiger partial charge is 0.398 e. The van der Waals surface area contributed by atoms with Crippen LogP contribution in [0, 0.1) is 0 Å². The summed E-state index contributed by atoms with van der Waals surface area (Å²) in [5, 5.41) is 10.4. The lowest BCUT2D eigenvalue weighted by molar-refractivity contribution is 0.0953. The standard InChI is InChI=1S/C12H14BrN5O/c13-9-2-3-10(11(14)8-9)12(19)15-4-1-6-18-7-5-16-17-18/h2-3,5,7-8H,1,4,6,14H2,(H,15,19). The second kappa shape index (κ2) is 6.33. The molecule has 0 spiro atoms. The van der Waals surface area contributed by atoms with Crippen LogP contribution in [0.15, 0.2) is 35.1 Å². The van der Waals surface area contributed by atoms with Crippen molar-refractivity contribution in [2.24, 2.45) is 0 Å². The van der Waals surface area contributed by atoms with E-state index >= 15 is 0 Å². The van der Waals surface area contributed by atoms with Crippen LogP contribution in [0.1, 0.15) is 16.8 Å². The first-order chi connectivity index (χ1) is 9.16. The predicted octanol–water partition coefficient (Wildman–Crippen LogP) is 1.44. The van der Waals surface area contributed by atoms with Crippen LogP contribution < -0.4 is 11.1 Å². The highest BCUT2D eigenvalue weighted by molar-refractivity contribution is 9.10. The molecule has 1 aromatic heterocycles. The van der Waals surface area contributed by atoms with Gasteiger partial charge in [0.25, 0.3) is 5.91 Å². The third kappa shape index (κ3) is 3.78. The van der Waals surface area contributed by atoms with E-state index in [0.717, 1.165) is 17.4 Å². The molecule has 6 nitrogen and oxygen atoms in total. The fourth-order valence-electron chi connectivity index (χ4n) is 1.63. The second-order valence-corrected chi connectivity index (χ2v) is 4.92. The van der Waals surface area contributed by atoms with Crippen LogP contribution in [0.5, 0.6) is 0 Å². The highest BCUT2D eigenvalue weighted by Crippen LogP contribution is 2.18. The first-order valence-electron chi connectivity index (χ1n) is 5.84. The Morgan fingerprint density at radius 2 is 2.32 bits per heavy atom. The number of carbonyl (C=O) groups excluding carboxylic acids is 1. The van der Waals surface area contributed by atoms with Crippen LogP contribution in [0.2, 0.25) is 0 Å². The second-order valence-electron chi connectivity index (χ2n) is 4.01. The van der Waals surface area contributed by atoms with Crippen LogP contribution in [-0.2, 0) is 6.54 Å². The van der Waals surface area contributed by atoms with Crippen molar-refractivity contribution >= 4 is 27.5 Å². The Morgan fingerprint density at radius 1 is 1.47 bits per heavy atom. The summed E-state index contributed by atoms with van der Waals surface area (Å²) in [5.74, 6) is -0.163. The molecule has 2 rings (SSSR count). The summed E-state index contributed by atoms with van der Waals surface area (Å²) in [4.78, 5) is 11.9. The topological polar surface area (TPSA) is 85.8 Å². The number of amides is 1. The molecule has 0 aliphatic carbocycles. The molecule has 3 N–H and O–H groups in total. The summed E-state index contributed by atoms with van der Waals surface area (Å²) in [6.45, 7) is 1.28. The highest BCUT2D eigenvalue weighted by atomic mass is 79.9. The minimum Gasteiger partial charge on any atom is -0.398 e. The van der Waals surface area contributed by atoms with Crippen molar-refractivity contribution in [3.8, 4) is 0 Å². The molecule has 1 amide bonds. The van der Waals surface area contributed by atoms with Gasteiger partial charge >= 0.3 is 0 Å². The SMILES string of the molecule is Nc1cc(Br)ccc1C(=O)NCCCn1ccnn1. The molecule has 0 saturated carbocycles. The zero-order valence-electron chi connectivity index (χ0n) is 10.2. The van der Waals surface area contributed by atoms with Gasteiger partial charge in [0.1, 0.15) is 0 Å². The van der Waals surface area contributed by atoms with Crippen molar-refractivity contribution in [3.05, 3.63) is 40.6 Å². The molecular weight excluding hydrogens is 310 g/mol. The number of aryl methyl sites for hydroxylation is 1. The van der Waals surface area contributed by atoms with Crippen molar-refractivity contribution in [2.75, 3.05) is 12.3 Å². The lowest BCUT2D eigenvalue weighted by Crippen LogP contribution is -2.26. The average Bonchev–Trinajstić information content (AvgIpc) is 2.87. The van der Waals surface area contributed by atoms with E-state index in [-0.39, 0.29) is 5.91 Å². The Balaban J connectivity index is 1.81. The van der Waals surface area contributed by atoms with Crippen molar-refractivity contribution in [1.29, 1.82) is 0 Å². The molecule has 0 aliphatic rings. The average molecular weight is 324 g/mol. The van der Waals surface area contributed by atoms with E-state index in [2.05, 4.69) is 31.6 Å². The minimum atomic E-state index is -0.163. The number of nitrogen functional groups attached to an aromatic ring is 1. The maximum absolute atomic E-state index is 11.9. The Hall–Kier alpha value is -1.89. The van der Waals surface area contributed by atoms with Crippen LogP contribution in [0.3, 0.4) is 0 Å². The monoisotopic (exact) mass is 323 g/mol. The summed E-state index contributed by atoms with van der Waals surface area (Å²) in [6.07, 6.45) is 4.20. The molecule has 0 unspecified atom stereocenters. The number of halogens is 1. The Bertz CT molecular complexity index is 555. The van der Waals surface area contributed by atoms with Gasteiger partial charge in [-0.05, 0) is 24.6 Å². The molecule has 7 heteroatoms. The van der Waals surface area contributed by atoms with Gasteiger partial charge in [0.2, 0.25) is 0 Å². The van der Waals surface area contributed by atoms with Gasteiger partial charge in [0.05, 0.1) is 11.8 Å². The van der Waals surface area contributed by atoms with Crippen molar-refractivity contribution < 1.29 is 4.79 Å². The van der Waals surface area contributed by atoms with E-state index in [0.29, 0.717) is 17.8 Å². The summed E-state index contributed by atoms with van der Waals surface area (Å²) in [6, 6.07) is 5.21. The minimum absolute atomic E-state index is 0.163. The molecule has 0 fully saturated rings. The summed E-state index contributed by atoms with van der Waals surface area (Å²) < 4.78 is 2.58. The van der Waals surface area contributed by atoms with E-state index in [1.165, 1.54) is 0 Å².